The zero-order valence-electron chi connectivity index (χ0n) is 20.2. The Morgan fingerprint density at radius 1 is 0.919 bits per heavy atom. The van der Waals surface area contributed by atoms with Crippen LogP contribution in [-0.2, 0) is 16.1 Å². The van der Waals surface area contributed by atoms with E-state index in [9.17, 15) is 18.8 Å². The van der Waals surface area contributed by atoms with Crippen LogP contribution in [0.25, 0.3) is 0 Å². The number of anilines is 1. The van der Waals surface area contributed by atoms with Crippen LogP contribution >= 0.6 is 11.6 Å². The summed E-state index contributed by atoms with van der Waals surface area (Å²) >= 11 is 5.98. The van der Waals surface area contributed by atoms with Crippen molar-refractivity contribution in [1.82, 2.24) is 9.80 Å². The van der Waals surface area contributed by atoms with Gasteiger partial charge in [0.15, 0.2) is 0 Å². The highest BCUT2D eigenvalue weighted by Crippen LogP contribution is 2.31. The first kappa shape index (κ1) is 25.1. The van der Waals surface area contributed by atoms with Crippen LogP contribution in [0.5, 0.6) is 0 Å². The first-order valence-corrected chi connectivity index (χ1v) is 12.8. The van der Waals surface area contributed by atoms with Crippen molar-refractivity contribution in [3.63, 3.8) is 0 Å². The zero-order chi connectivity index (χ0) is 25.9. The number of nitrogens with zero attached hydrogens (tertiary/aromatic N) is 3. The standard InChI is InChI=1S/C29H27ClFN3O3/c30-21-10-12-22(13-11-21)34-27(35)18-26(29(34)37)33(28(36)24-8-4-5-9-25(24)31)23-14-16-32(17-15-23)19-20-6-2-1-3-7-20/h1-13,23,26H,14-19H2. The lowest BCUT2D eigenvalue weighted by Crippen LogP contribution is -2.54. The van der Waals surface area contributed by atoms with Crippen molar-refractivity contribution >= 4 is 35.0 Å². The lowest BCUT2D eigenvalue weighted by atomic mass is 9.98. The Bertz CT molecular complexity index is 1290. The molecule has 2 saturated heterocycles. The van der Waals surface area contributed by atoms with Crippen molar-refractivity contribution in [2.24, 2.45) is 0 Å². The maximum atomic E-state index is 14.7. The van der Waals surface area contributed by atoms with E-state index < -0.39 is 29.6 Å². The highest BCUT2D eigenvalue weighted by Gasteiger charge is 2.47. The van der Waals surface area contributed by atoms with Gasteiger partial charge >= 0.3 is 0 Å². The van der Waals surface area contributed by atoms with Crippen LogP contribution in [-0.4, -0.2) is 52.7 Å². The van der Waals surface area contributed by atoms with E-state index in [1.54, 1.807) is 30.3 Å². The molecule has 6 nitrogen and oxygen atoms in total. The topological polar surface area (TPSA) is 60.9 Å². The molecule has 0 aromatic heterocycles. The Balaban J connectivity index is 1.40. The van der Waals surface area contributed by atoms with E-state index in [1.165, 1.54) is 28.7 Å². The Hall–Kier alpha value is -3.55. The fourth-order valence-electron chi connectivity index (χ4n) is 5.23. The predicted octanol–water partition coefficient (Wildman–Crippen LogP) is 4.92. The van der Waals surface area contributed by atoms with Crippen molar-refractivity contribution in [3.8, 4) is 0 Å². The first-order chi connectivity index (χ1) is 17.9. The fourth-order valence-corrected chi connectivity index (χ4v) is 5.35. The molecule has 3 amide bonds. The Labute approximate surface area is 220 Å². The molecule has 1 atom stereocenters. The molecular formula is C29H27ClFN3O3. The third-order valence-electron chi connectivity index (χ3n) is 7.08. The number of halogens is 2. The minimum absolute atomic E-state index is 0.0978. The Morgan fingerprint density at radius 3 is 2.24 bits per heavy atom. The van der Waals surface area contributed by atoms with Gasteiger partial charge in [0.05, 0.1) is 17.7 Å². The molecule has 37 heavy (non-hydrogen) atoms. The third-order valence-corrected chi connectivity index (χ3v) is 7.33. The monoisotopic (exact) mass is 519 g/mol. The lowest BCUT2D eigenvalue weighted by Gasteiger charge is -2.40. The molecule has 3 aromatic rings. The number of piperidine rings is 1. The van der Waals surface area contributed by atoms with Gasteiger partial charge in [0.2, 0.25) is 5.91 Å². The van der Waals surface area contributed by atoms with Crippen molar-refractivity contribution in [2.75, 3.05) is 18.0 Å². The van der Waals surface area contributed by atoms with Gasteiger partial charge in [-0.1, -0.05) is 54.1 Å². The number of hydrogen-bond acceptors (Lipinski definition) is 4. The molecule has 0 N–H and O–H groups in total. The summed E-state index contributed by atoms with van der Waals surface area (Å²) in [5.74, 6) is -2.09. The SMILES string of the molecule is O=C1CC(N(C(=O)c2ccccc2F)C2CCN(Cc3ccccc3)CC2)C(=O)N1c1ccc(Cl)cc1. The average Bonchev–Trinajstić information content (AvgIpc) is 3.20. The number of carbonyl (C=O) groups excluding carboxylic acids is 3. The molecule has 0 aliphatic carbocycles. The lowest BCUT2D eigenvalue weighted by molar-refractivity contribution is -0.123. The van der Waals surface area contributed by atoms with Crippen molar-refractivity contribution in [2.45, 2.75) is 37.9 Å². The number of benzene rings is 3. The molecule has 2 aliphatic heterocycles. The quantitative estimate of drug-likeness (QED) is 0.434. The van der Waals surface area contributed by atoms with Crippen molar-refractivity contribution < 1.29 is 18.8 Å². The molecule has 2 fully saturated rings. The summed E-state index contributed by atoms with van der Waals surface area (Å²) in [7, 11) is 0. The van der Waals surface area contributed by atoms with E-state index in [1.807, 2.05) is 18.2 Å². The summed E-state index contributed by atoms with van der Waals surface area (Å²) in [5.41, 5.74) is 1.51. The molecule has 0 saturated carbocycles. The Kier molecular flexibility index (Phi) is 7.35. The second kappa shape index (κ2) is 10.8. The van der Waals surface area contributed by atoms with E-state index in [-0.39, 0.29) is 18.0 Å². The normalized spacial score (nSPS) is 18.9. The summed E-state index contributed by atoms with van der Waals surface area (Å²) in [5, 5.41) is 0.484. The maximum Gasteiger partial charge on any atom is 0.257 e. The van der Waals surface area contributed by atoms with E-state index in [0.29, 0.717) is 23.6 Å². The number of amides is 3. The summed E-state index contributed by atoms with van der Waals surface area (Å²) in [4.78, 5) is 45.2. The summed E-state index contributed by atoms with van der Waals surface area (Å²) in [6.07, 6.45) is 1.09. The molecule has 3 aromatic carbocycles. The van der Waals surface area contributed by atoms with Gasteiger partial charge in [-0.15, -0.1) is 0 Å². The molecule has 190 valence electrons. The molecule has 8 heteroatoms. The van der Waals surface area contributed by atoms with Crippen LogP contribution in [0.1, 0.15) is 35.2 Å². The number of imide groups is 1. The van der Waals surface area contributed by atoms with Crippen molar-refractivity contribution in [3.05, 3.63) is 101 Å². The molecule has 5 rings (SSSR count). The largest absolute Gasteiger partial charge is 0.323 e. The Morgan fingerprint density at radius 2 is 1.57 bits per heavy atom. The fraction of sp³-hybridized carbons (Fsp3) is 0.276. The van der Waals surface area contributed by atoms with Gasteiger partial charge in [-0.25, -0.2) is 9.29 Å². The summed E-state index contributed by atoms with van der Waals surface area (Å²) in [6, 6.07) is 21.0. The van der Waals surface area contributed by atoms with Crippen LogP contribution in [0.15, 0.2) is 78.9 Å². The van der Waals surface area contributed by atoms with Crippen LogP contribution in [0.2, 0.25) is 5.02 Å². The molecule has 0 radical (unpaired) electrons. The predicted molar refractivity (Wildman–Crippen MR) is 140 cm³/mol. The maximum absolute atomic E-state index is 14.7. The highest BCUT2D eigenvalue weighted by atomic mass is 35.5. The van der Waals surface area contributed by atoms with Gasteiger partial charge in [-0.05, 0) is 54.8 Å². The number of hydrogen-bond donors (Lipinski definition) is 0. The molecular weight excluding hydrogens is 493 g/mol. The minimum Gasteiger partial charge on any atom is -0.323 e. The van der Waals surface area contributed by atoms with Gasteiger partial charge in [0.1, 0.15) is 11.9 Å². The zero-order valence-corrected chi connectivity index (χ0v) is 21.0. The number of rotatable bonds is 6. The van der Waals surface area contributed by atoms with Gasteiger partial charge in [-0.3, -0.25) is 19.3 Å². The van der Waals surface area contributed by atoms with Gasteiger partial charge in [0.25, 0.3) is 11.8 Å². The highest BCUT2D eigenvalue weighted by molar-refractivity contribution is 6.31. The third kappa shape index (κ3) is 5.29. The first-order valence-electron chi connectivity index (χ1n) is 12.4. The van der Waals surface area contributed by atoms with Crippen molar-refractivity contribution in [1.29, 1.82) is 0 Å². The smallest absolute Gasteiger partial charge is 0.257 e. The molecule has 2 heterocycles. The van der Waals surface area contributed by atoms with Gasteiger partial charge in [0, 0.05) is 30.7 Å². The molecule has 0 bridgehead atoms. The molecule has 0 spiro atoms. The van der Waals surface area contributed by atoms with Gasteiger partial charge < -0.3 is 4.90 Å². The number of likely N-dealkylation sites (tertiary alicyclic amines) is 1. The van der Waals surface area contributed by atoms with E-state index in [4.69, 9.17) is 11.6 Å². The minimum atomic E-state index is -0.999. The molecule has 2 aliphatic rings. The van der Waals surface area contributed by atoms with Crippen LogP contribution in [0, 0.1) is 5.82 Å². The van der Waals surface area contributed by atoms with E-state index in [0.717, 1.165) is 24.5 Å². The average molecular weight is 520 g/mol. The van der Waals surface area contributed by atoms with Crippen LogP contribution < -0.4 is 4.90 Å². The van der Waals surface area contributed by atoms with Crippen LogP contribution in [0.4, 0.5) is 10.1 Å². The van der Waals surface area contributed by atoms with E-state index >= 15 is 0 Å². The van der Waals surface area contributed by atoms with E-state index in [2.05, 4.69) is 17.0 Å². The molecule has 1 unspecified atom stereocenters. The second-order valence-electron chi connectivity index (χ2n) is 9.45. The van der Waals surface area contributed by atoms with Gasteiger partial charge in [-0.2, -0.15) is 0 Å². The number of carbonyl (C=O) groups is 3. The second-order valence-corrected chi connectivity index (χ2v) is 9.89. The van der Waals surface area contributed by atoms with Crippen LogP contribution in [0.3, 0.4) is 0 Å². The summed E-state index contributed by atoms with van der Waals surface area (Å²) < 4.78 is 14.7. The summed E-state index contributed by atoms with van der Waals surface area (Å²) in [6.45, 7) is 2.23.